The Balaban J connectivity index is 1.91. The predicted molar refractivity (Wildman–Crippen MR) is 74.5 cm³/mol. The van der Waals surface area contributed by atoms with E-state index in [0.717, 1.165) is 10.9 Å². The zero-order valence-electron chi connectivity index (χ0n) is 11.2. The molecule has 1 aromatic heterocycles. The van der Waals surface area contributed by atoms with Crippen LogP contribution in [0.1, 0.15) is 36.5 Å². The Morgan fingerprint density at radius 2 is 2.25 bits per heavy atom. The van der Waals surface area contributed by atoms with Crippen molar-refractivity contribution in [1.82, 2.24) is 15.5 Å². The van der Waals surface area contributed by atoms with Gasteiger partial charge in [0.15, 0.2) is 0 Å². The smallest absolute Gasteiger partial charge is 0.303 e. The minimum atomic E-state index is -0.811. The maximum Gasteiger partial charge on any atom is 0.303 e. The number of carbonyl (C=O) groups is 2. The van der Waals surface area contributed by atoms with Gasteiger partial charge in [-0.15, -0.1) is 0 Å². The van der Waals surface area contributed by atoms with E-state index in [1.54, 1.807) is 18.3 Å². The van der Waals surface area contributed by atoms with E-state index >= 15 is 0 Å². The third-order valence-corrected chi connectivity index (χ3v) is 3.11. The SMILES string of the molecule is CC(CCCC(=O)O)NC(=O)c1ccc2[nH]ncc2c1. The van der Waals surface area contributed by atoms with E-state index in [-0.39, 0.29) is 18.4 Å². The maximum atomic E-state index is 12.1. The van der Waals surface area contributed by atoms with Crippen molar-refractivity contribution in [3.63, 3.8) is 0 Å². The summed E-state index contributed by atoms with van der Waals surface area (Å²) in [5.41, 5.74) is 1.46. The molecule has 1 aromatic carbocycles. The number of fused-ring (bicyclic) bond motifs is 1. The van der Waals surface area contributed by atoms with E-state index < -0.39 is 5.97 Å². The third-order valence-electron chi connectivity index (χ3n) is 3.11. The largest absolute Gasteiger partial charge is 0.481 e. The molecular formula is C14H17N3O3. The first-order chi connectivity index (χ1) is 9.56. The van der Waals surface area contributed by atoms with Crippen LogP contribution in [0.2, 0.25) is 0 Å². The highest BCUT2D eigenvalue weighted by Crippen LogP contribution is 2.13. The Hall–Kier alpha value is -2.37. The number of aromatic nitrogens is 2. The van der Waals surface area contributed by atoms with Crippen LogP contribution in [0, 0.1) is 0 Å². The van der Waals surface area contributed by atoms with Crippen LogP contribution in [0.3, 0.4) is 0 Å². The summed E-state index contributed by atoms with van der Waals surface area (Å²) < 4.78 is 0. The van der Waals surface area contributed by atoms with Gasteiger partial charge in [-0.1, -0.05) is 0 Å². The fraction of sp³-hybridized carbons (Fsp3) is 0.357. The maximum absolute atomic E-state index is 12.1. The number of carboxylic acids is 1. The van der Waals surface area contributed by atoms with Crippen molar-refractivity contribution in [2.24, 2.45) is 0 Å². The molecule has 1 amide bonds. The Kier molecular flexibility index (Phi) is 4.34. The molecule has 0 radical (unpaired) electrons. The van der Waals surface area contributed by atoms with Gasteiger partial charge in [0.05, 0.1) is 11.7 Å². The number of aromatic amines is 1. The molecule has 106 valence electrons. The Morgan fingerprint density at radius 1 is 1.45 bits per heavy atom. The van der Waals surface area contributed by atoms with Crippen LogP contribution >= 0.6 is 0 Å². The number of rotatable bonds is 6. The Morgan fingerprint density at radius 3 is 3.00 bits per heavy atom. The number of nitrogens with zero attached hydrogens (tertiary/aromatic N) is 1. The normalized spacial score (nSPS) is 12.2. The number of hydrogen-bond donors (Lipinski definition) is 3. The summed E-state index contributed by atoms with van der Waals surface area (Å²) in [6.45, 7) is 1.87. The first-order valence-electron chi connectivity index (χ1n) is 6.52. The lowest BCUT2D eigenvalue weighted by Crippen LogP contribution is -2.32. The molecule has 0 aliphatic carbocycles. The summed E-state index contributed by atoms with van der Waals surface area (Å²) in [5.74, 6) is -0.968. The van der Waals surface area contributed by atoms with Crippen LogP contribution in [-0.2, 0) is 4.79 Å². The van der Waals surface area contributed by atoms with E-state index in [4.69, 9.17) is 5.11 Å². The standard InChI is InChI=1S/C14H17N3O3/c1-9(3-2-4-13(18)19)16-14(20)10-5-6-12-11(7-10)8-15-17-12/h5-9H,2-4H2,1H3,(H,15,17)(H,16,20)(H,18,19). The van der Waals surface area contributed by atoms with Crippen molar-refractivity contribution >= 4 is 22.8 Å². The summed E-state index contributed by atoms with van der Waals surface area (Å²) in [6.07, 6.45) is 2.99. The van der Waals surface area contributed by atoms with Gasteiger partial charge >= 0.3 is 5.97 Å². The highest BCUT2D eigenvalue weighted by molar-refractivity contribution is 5.97. The molecular weight excluding hydrogens is 258 g/mol. The Bertz CT molecular complexity index is 621. The number of H-pyrrole nitrogens is 1. The van der Waals surface area contributed by atoms with E-state index in [9.17, 15) is 9.59 Å². The van der Waals surface area contributed by atoms with Crippen molar-refractivity contribution in [3.8, 4) is 0 Å². The zero-order chi connectivity index (χ0) is 14.5. The molecule has 6 heteroatoms. The number of hydrogen-bond acceptors (Lipinski definition) is 3. The second-order valence-electron chi connectivity index (χ2n) is 4.83. The first kappa shape index (κ1) is 14.0. The first-order valence-corrected chi connectivity index (χ1v) is 6.52. The lowest BCUT2D eigenvalue weighted by Gasteiger charge is -2.13. The van der Waals surface area contributed by atoms with Crippen molar-refractivity contribution in [3.05, 3.63) is 30.0 Å². The fourth-order valence-electron chi connectivity index (χ4n) is 2.02. The zero-order valence-corrected chi connectivity index (χ0v) is 11.2. The predicted octanol–water partition coefficient (Wildman–Crippen LogP) is 1.94. The van der Waals surface area contributed by atoms with E-state index in [1.807, 2.05) is 13.0 Å². The van der Waals surface area contributed by atoms with Gasteiger partial charge in [0.25, 0.3) is 5.91 Å². The van der Waals surface area contributed by atoms with E-state index in [0.29, 0.717) is 18.4 Å². The van der Waals surface area contributed by atoms with Gasteiger partial charge in [-0.05, 0) is 38.0 Å². The third kappa shape index (κ3) is 3.57. The lowest BCUT2D eigenvalue weighted by molar-refractivity contribution is -0.137. The average Bonchev–Trinajstić information content (AvgIpc) is 2.85. The van der Waals surface area contributed by atoms with Crippen LogP contribution in [0.25, 0.3) is 10.9 Å². The molecule has 2 rings (SSSR count). The van der Waals surface area contributed by atoms with Gasteiger partial charge in [0, 0.05) is 23.4 Å². The summed E-state index contributed by atoms with van der Waals surface area (Å²) in [5, 5.41) is 19.1. The van der Waals surface area contributed by atoms with Crippen LogP contribution < -0.4 is 5.32 Å². The van der Waals surface area contributed by atoms with Crippen molar-refractivity contribution in [1.29, 1.82) is 0 Å². The van der Waals surface area contributed by atoms with E-state index in [1.165, 1.54) is 0 Å². The second kappa shape index (κ2) is 6.18. The summed E-state index contributed by atoms with van der Waals surface area (Å²) in [6, 6.07) is 5.27. The molecule has 0 saturated carbocycles. The summed E-state index contributed by atoms with van der Waals surface area (Å²) in [7, 11) is 0. The van der Waals surface area contributed by atoms with Crippen LogP contribution in [0.15, 0.2) is 24.4 Å². The number of amides is 1. The van der Waals surface area contributed by atoms with Crippen LogP contribution in [-0.4, -0.2) is 33.2 Å². The van der Waals surface area contributed by atoms with Crippen molar-refractivity contribution < 1.29 is 14.7 Å². The molecule has 1 unspecified atom stereocenters. The minimum absolute atomic E-state index is 0.0538. The molecule has 0 fully saturated rings. The number of nitrogens with one attached hydrogen (secondary N) is 2. The second-order valence-corrected chi connectivity index (χ2v) is 4.83. The molecule has 1 heterocycles. The number of carboxylic acid groups (broad SMARTS) is 1. The number of benzene rings is 1. The molecule has 0 bridgehead atoms. The van der Waals surface area contributed by atoms with Crippen LogP contribution in [0.4, 0.5) is 0 Å². The molecule has 0 aliphatic heterocycles. The van der Waals surface area contributed by atoms with Crippen molar-refractivity contribution in [2.45, 2.75) is 32.2 Å². The Labute approximate surface area is 116 Å². The molecule has 0 saturated heterocycles. The molecule has 1 atom stereocenters. The molecule has 0 spiro atoms. The highest BCUT2D eigenvalue weighted by Gasteiger charge is 2.11. The number of aliphatic carboxylic acids is 1. The molecule has 20 heavy (non-hydrogen) atoms. The van der Waals surface area contributed by atoms with Gasteiger partial charge in [-0.25, -0.2) is 0 Å². The lowest BCUT2D eigenvalue weighted by atomic mass is 10.1. The van der Waals surface area contributed by atoms with Gasteiger partial charge in [-0.3, -0.25) is 14.7 Å². The quantitative estimate of drug-likeness (QED) is 0.750. The topological polar surface area (TPSA) is 95.1 Å². The molecule has 3 N–H and O–H groups in total. The molecule has 2 aromatic rings. The van der Waals surface area contributed by atoms with Gasteiger partial charge in [0.2, 0.25) is 0 Å². The minimum Gasteiger partial charge on any atom is -0.481 e. The molecule has 6 nitrogen and oxygen atoms in total. The van der Waals surface area contributed by atoms with Gasteiger partial charge in [0.1, 0.15) is 0 Å². The monoisotopic (exact) mass is 275 g/mol. The fourth-order valence-corrected chi connectivity index (χ4v) is 2.02. The van der Waals surface area contributed by atoms with Crippen molar-refractivity contribution in [2.75, 3.05) is 0 Å². The summed E-state index contributed by atoms with van der Waals surface area (Å²) in [4.78, 5) is 22.5. The highest BCUT2D eigenvalue weighted by atomic mass is 16.4. The number of carbonyl (C=O) groups excluding carboxylic acids is 1. The molecule has 0 aliphatic rings. The van der Waals surface area contributed by atoms with Gasteiger partial charge < -0.3 is 10.4 Å². The van der Waals surface area contributed by atoms with E-state index in [2.05, 4.69) is 15.5 Å². The van der Waals surface area contributed by atoms with Crippen LogP contribution in [0.5, 0.6) is 0 Å². The van der Waals surface area contributed by atoms with Gasteiger partial charge in [-0.2, -0.15) is 5.10 Å². The average molecular weight is 275 g/mol. The summed E-state index contributed by atoms with van der Waals surface area (Å²) >= 11 is 0.